The molecular formula is C21H12Cl2N3NaO7. The molecule has 0 atom stereocenters. The van der Waals surface area contributed by atoms with Gasteiger partial charge in [0.15, 0.2) is 11.3 Å². The van der Waals surface area contributed by atoms with Crippen LogP contribution in [0, 0.1) is 0 Å². The molecule has 0 unspecified atom stereocenters. The maximum absolute atomic E-state index is 13.2. The molecule has 0 spiro atoms. The monoisotopic (exact) mass is 511 g/mol. The second-order valence-corrected chi connectivity index (χ2v) is 7.36. The number of ether oxygens (including phenoxy) is 1. The van der Waals surface area contributed by atoms with Crippen LogP contribution in [0.5, 0.6) is 5.75 Å². The summed E-state index contributed by atoms with van der Waals surface area (Å²) < 4.78 is 11.2. The van der Waals surface area contributed by atoms with E-state index in [0.717, 1.165) is 0 Å². The number of fused-ring (bicyclic) bond motifs is 3. The van der Waals surface area contributed by atoms with Crippen LogP contribution < -0.4 is 50.2 Å². The minimum Gasteiger partial charge on any atom is -0.493 e. The number of pyridine rings is 1. The molecule has 0 saturated heterocycles. The van der Waals surface area contributed by atoms with E-state index in [2.05, 4.69) is 15.1 Å². The number of furan rings is 1. The molecule has 10 nitrogen and oxygen atoms in total. The number of carbonyl (C=O) groups is 3. The number of hydroxylamine groups is 1. The molecule has 0 fully saturated rings. The second-order valence-electron chi connectivity index (χ2n) is 6.55. The Morgan fingerprint density at radius 1 is 1.06 bits per heavy atom. The van der Waals surface area contributed by atoms with Gasteiger partial charge in [0.2, 0.25) is 0 Å². The van der Waals surface area contributed by atoms with Crippen molar-refractivity contribution in [2.45, 2.75) is 0 Å². The van der Waals surface area contributed by atoms with E-state index in [1.165, 1.54) is 43.8 Å². The Labute approximate surface area is 223 Å². The van der Waals surface area contributed by atoms with Gasteiger partial charge in [0.25, 0.3) is 18.0 Å². The van der Waals surface area contributed by atoms with E-state index in [4.69, 9.17) is 32.4 Å². The number of carboxylic acid groups (broad SMARTS) is 1. The molecule has 0 aliphatic carbocycles. The molecule has 168 valence electrons. The van der Waals surface area contributed by atoms with Crippen molar-refractivity contribution >= 4 is 68.8 Å². The molecule has 13 heteroatoms. The fourth-order valence-corrected chi connectivity index (χ4v) is 3.67. The summed E-state index contributed by atoms with van der Waals surface area (Å²) in [5.41, 5.74) is 2.74. The van der Waals surface area contributed by atoms with Crippen LogP contribution in [0.3, 0.4) is 0 Å². The van der Waals surface area contributed by atoms with Gasteiger partial charge in [-0.2, -0.15) is 0 Å². The van der Waals surface area contributed by atoms with E-state index in [-0.39, 0.29) is 62.0 Å². The fourth-order valence-electron chi connectivity index (χ4n) is 3.21. The van der Waals surface area contributed by atoms with E-state index in [9.17, 15) is 19.5 Å². The Kier molecular flexibility index (Phi) is 7.90. The second kappa shape index (κ2) is 10.5. The van der Waals surface area contributed by atoms with Gasteiger partial charge < -0.3 is 29.2 Å². The largest absolute Gasteiger partial charge is 1.00 e. The summed E-state index contributed by atoms with van der Waals surface area (Å²) in [5.74, 6) is -1.06. The number of amides is 2. The zero-order chi connectivity index (χ0) is 23.7. The van der Waals surface area contributed by atoms with Crippen LogP contribution in [0.25, 0.3) is 21.9 Å². The molecule has 0 bridgehead atoms. The van der Waals surface area contributed by atoms with Crippen LogP contribution in [-0.4, -0.2) is 30.1 Å². The molecule has 2 amide bonds. The van der Waals surface area contributed by atoms with Crippen LogP contribution in [-0.2, 0) is 4.84 Å². The topological polar surface area (TPSA) is 143 Å². The zero-order valence-electron chi connectivity index (χ0n) is 17.6. The molecule has 34 heavy (non-hydrogen) atoms. The van der Waals surface area contributed by atoms with Gasteiger partial charge in [-0.3, -0.25) is 14.6 Å². The third kappa shape index (κ3) is 4.91. The molecule has 2 aromatic heterocycles. The van der Waals surface area contributed by atoms with Crippen molar-refractivity contribution < 1.29 is 63.0 Å². The van der Waals surface area contributed by atoms with Crippen LogP contribution >= 0.6 is 23.2 Å². The first-order valence-corrected chi connectivity index (χ1v) is 9.87. The van der Waals surface area contributed by atoms with E-state index in [1.54, 1.807) is 11.5 Å². The summed E-state index contributed by atoms with van der Waals surface area (Å²) in [5, 5.41) is 14.1. The van der Waals surface area contributed by atoms with Crippen LogP contribution in [0.2, 0.25) is 10.0 Å². The van der Waals surface area contributed by atoms with Crippen molar-refractivity contribution in [3.8, 4) is 5.75 Å². The SMILES string of the molecule is COc1ccc(C(=O)Nc2c(Cl)cncc2Cl)c2c1oc1ccc(C(=O)NOC(=O)[O-])cc12.[Na+]. The molecule has 4 rings (SSSR count). The van der Waals surface area contributed by atoms with Gasteiger partial charge in [0.05, 0.1) is 28.4 Å². The van der Waals surface area contributed by atoms with Crippen molar-refractivity contribution in [2.24, 2.45) is 0 Å². The number of hydrogen-bond acceptors (Lipinski definition) is 8. The summed E-state index contributed by atoms with van der Waals surface area (Å²) in [4.78, 5) is 43.6. The van der Waals surface area contributed by atoms with Crippen molar-refractivity contribution in [3.05, 3.63) is 63.9 Å². The Morgan fingerprint density at radius 2 is 1.76 bits per heavy atom. The first kappa shape index (κ1) is 25.6. The van der Waals surface area contributed by atoms with E-state index >= 15 is 0 Å². The Balaban J connectivity index is 0.00000324. The number of benzene rings is 2. The smallest absolute Gasteiger partial charge is 0.493 e. The molecule has 0 aliphatic heterocycles. The van der Waals surface area contributed by atoms with Crippen LogP contribution in [0.15, 0.2) is 47.1 Å². The van der Waals surface area contributed by atoms with Crippen molar-refractivity contribution in [1.29, 1.82) is 0 Å². The average Bonchev–Trinajstić information content (AvgIpc) is 3.18. The van der Waals surface area contributed by atoms with Gasteiger partial charge in [0, 0.05) is 28.7 Å². The number of halogens is 2. The van der Waals surface area contributed by atoms with Gasteiger partial charge in [-0.25, -0.2) is 5.48 Å². The summed E-state index contributed by atoms with van der Waals surface area (Å²) in [6.45, 7) is 0. The van der Waals surface area contributed by atoms with Gasteiger partial charge in [0.1, 0.15) is 5.58 Å². The number of carbonyl (C=O) groups excluding carboxylic acids is 3. The van der Waals surface area contributed by atoms with Gasteiger partial charge in [-0.15, -0.1) is 0 Å². The van der Waals surface area contributed by atoms with Crippen molar-refractivity contribution in [1.82, 2.24) is 10.5 Å². The molecular weight excluding hydrogens is 500 g/mol. The predicted octanol–water partition coefficient (Wildman–Crippen LogP) is 0.557. The first-order chi connectivity index (χ1) is 15.8. The number of hydrogen-bond donors (Lipinski definition) is 2. The van der Waals surface area contributed by atoms with Crippen molar-refractivity contribution in [2.75, 3.05) is 12.4 Å². The minimum absolute atomic E-state index is 0. The van der Waals surface area contributed by atoms with E-state index in [1.807, 2.05) is 0 Å². The van der Waals surface area contributed by atoms with E-state index in [0.29, 0.717) is 22.1 Å². The van der Waals surface area contributed by atoms with Crippen LogP contribution in [0.1, 0.15) is 20.7 Å². The third-order valence-corrected chi connectivity index (χ3v) is 5.20. The first-order valence-electron chi connectivity index (χ1n) is 9.12. The molecule has 2 heterocycles. The quantitative estimate of drug-likeness (QED) is 0.298. The molecule has 4 aromatic rings. The average molecular weight is 512 g/mol. The molecule has 0 radical (unpaired) electrons. The van der Waals surface area contributed by atoms with Gasteiger partial charge >= 0.3 is 29.6 Å². The number of nitrogens with one attached hydrogen (secondary N) is 2. The van der Waals surface area contributed by atoms with Crippen molar-refractivity contribution in [3.63, 3.8) is 0 Å². The maximum Gasteiger partial charge on any atom is 1.00 e. The number of anilines is 1. The number of rotatable bonds is 4. The number of aromatic nitrogens is 1. The summed E-state index contributed by atoms with van der Waals surface area (Å²) in [7, 11) is 1.44. The molecule has 0 saturated carbocycles. The number of nitrogens with zero attached hydrogens (tertiary/aromatic N) is 1. The van der Waals surface area contributed by atoms with E-state index < -0.39 is 18.0 Å². The number of methoxy groups -OCH3 is 1. The molecule has 2 aromatic carbocycles. The predicted molar refractivity (Wildman–Crippen MR) is 116 cm³/mol. The third-order valence-electron chi connectivity index (χ3n) is 4.63. The summed E-state index contributed by atoms with van der Waals surface area (Å²) in [6.07, 6.45) is 0.745. The van der Waals surface area contributed by atoms with Gasteiger partial charge in [-0.1, -0.05) is 23.2 Å². The standard InChI is InChI=1S/C21H13Cl2N3O7.Na/c1-31-15-5-3-10(20(28)25-17-12(22)7-24-8-13(17)23)16-11-6-9(19(27)26-33-21(29)30)2-4-14(11)32-18(15)16;/h2-8H,1H3,(H,26,27)(H,29,30)(H,24,25,28);/q;+1/p-1. The molecule has 0 aliphatic rings. The van der Waals surface area contributed by atoms with Gasteiger partial charge in [-0.05, 0) is 30.3 Å². The Hall–Kier alpha value is -3.02. The summed E-state index contributed by atoms with van der Waals surface area (Å²) >= 11 is 12.2. The normalized spacial score (nSPS) is 10.4. The maximum atomic E-state index is 13.2. The fraction of sp³-hybridized carbons (Fsp3) is 0.0476. The molecule has 2 N–H and O–H groups in total. The Bertz CT molecular complexity index is 1420. The Morgan fingerprint density at radius 3 is 2.41 bits per heavy atom. The zero-order valence-corrected chi connectivity index (χ0v) is 21.1. The minimum atomic E-state index is -1.92. The summed E-state index contributed by atoms with van der Waals surface area (Å²) in [6, 6.07) is 7.36. The van der Waals surface area contributed by atoms with Crippen LogP contribution in [0.4, 0.5) is 10.5 Å².